The first-order valence-electron chi connectivity index (χ1n) is 4.51. The predicted molar refractivity (Wildman–Crippen MR) is 46.7 cm³/mol. The number of methoxy groups -OCH3 is 1. The second-order valence-corrected chi connectivity index (χ2v) is 3.69. The van der Waals surface area contributed by atoms with E-state index in [1.54, 1.807) is 0 Å². The summed E-state index contributed by atoms with van der Waals surface area (Å²) in [5, 5.41) is 3.53. The lowest BCUT2D eigenvalue weighted by Gasteiger charge is -2.15. The number of rotatable bonds is 3. The molecule has 2 atom stereocenters. The van der Waals surface area contributed by atoms with Gasteiger partial charge in [0.1, 0.15) is 0 Å². The third kappa shape index (κ3) is 2.80. The third-order valence-corrected chi connectivity index (χ3v) is 2.29. The molecule has 1 aliphatic rings. The zero-order valence-electron chi connectivity index (χ0n) is 7.76. The Hall–Kier alpha value is -0.0800. The van der Waals surface area contributed by atoms with Gasteiger partial charge in [-0.2, -0.15) is 0 Å². The first-order chi connectivity index (χ1) is 5.22. The van der Waals surface area contributed by atoms with Crippen LogP contribution in [0.3, 0.4) is 0 Å². The lowest BCUT2D eigenvalue weighted by molar-refractivity contribution is 0.106. The fourth-order valence-electron chi connectivity index (χ4n) is 1.78. The first-order valence-corrected chi connectivity index (χ1v) is 4.51. The van der Waals surface area contributed by atoms with Crippen molar-refractivity contribution in [3.05, 3.63) is 0 Å². The van der Waals surface area contributed by atoms with Gasteiger partial charge in [-0.15, -0.1) is 0 Å². The minimum atomic E-state index is 0.506. The summed E-state index contributed by atoms with van der Waals surface area (Å²) in [6, 6.07) is 1.30. The minimum absolute atomic E-state index is 0.506. The lowest BCUT2D eigenvalue weighted by atomic mass is 10.2. The molecule has 0 bridgehead atoms. The van der Waals surface area contributed by atoms with Gasteiger partial charge in [-0.05, 0) is 19.3 Å². The maximum absolute atomic E-state index is 5.28. The van der Waals surface area contributed by atoms with Crippen molar-refractivity contribution in [2.75, 3.05) is 7.11 Å². The molecule has 0 aromatic heterocycles. The highest BCUT2D eigenvalue weighted by molar-refractivity contribution is 4.81. The highest BCUT2D eigenvalue weighted by Crippen LogP contribution is 2.21. The smallest absolute Gasteiger partial charge is 0.0586 e. The van der Waals surface area contributed by atoms with Crippen LogP contribution in [0.1, 0.15) is 33.1 Å². The van der Waals surface area contributed by atoms with Crippen molar-refractivity contribution >= 4 is 0 Å². The van der Waals surface area contributed by atoms with E-state index in [0.29, 0.717) is 18.2 Å². The Kier molecular flexibility index (Phi) is 3.34. The van der Waals surface area contributed by atoms with E-state index >= 15 is 0 Å². The topological polar surface area (TPSA) is 21.3 Å². The molecule has 1 N–H and O–H groups in total. The van der Waals surface area contributed by atoms with E-state index in [2.05, 4.69) is 19.2 Å². The molecule has 1 rings (SSSR count). The van der Waals surface area contributed by atoms with Gasteiger partial charge in [0.15, 0.2) is 0 Å². The fourth-order valence-corrected chi connectivity index (χ4v) is 1.78. The summed E-state index contributed by atoms with van der Waals surface area (Å²) in [5.74, 6) is 0. The molecular formula is C9H19NO. The number of hydrogen-bond acceptors (Lipinski definition) is 2. The summed E-state index contributed by atoms with van der Waals surface area (Å²) < 4.78 is 5.28. The van der Waals surface area contributed by atoms with Crippen LogP contribution in [0, 0.1) is 0 Å². The van der Waals surface area contributed by atoms with Gasteiger partial charge in [-0.3, -0.25) is 0 Å². The zero-order chi connectivity index (χ0) is 8.27. The molecule has 1 aliphatic carbocycles. The molecule has 2 nitrogen and oxygen atoms in total. The van der Waals surface area contributed by atoms with E-state index in [0.717, 1.165) is 0 Å². The van der Waals surface area contributed by atoms with Gasteiger partial charge in [0.2, 0.25) is 0 Å². The molecule has 0 saturated heterocycles. The average molecular weight is 157 g/mol. The summed E-state index contributed by atoms with van der Waals surface area (Å²) in [4.78, 5) is 0. The van der Waals surface area contributed by atoms with E-state index < -0.39 is 0 Å². The van der Waals surface area contributed by atoms with Gasteiger partial charge >= 0.3 is 0 Å². The summed E-state index contributed by atoms with van der Waals surface area (Å²) in [7, 11) is 1.81. The Morgan fingerprint density at radius 1 is 1.36 bits per heavy atom. The monoisotopic (exact) mass is 157 g/mol. The van der Waals surface area contributed by atoms with Crippen molar-refractivity contribution in [1.82, 2.24) is 5.32 Å². The summed E-state index contributed by atoms with van der Waals surface area (Å²) in [6.45, 7) is 4.39. The van der Waals surface area contributed by atoms with Gasteiger partial charge in [-0.1, -0.05) is 13.8 Å². The highest BCUT2D eigenvalue weighted by atomic mass is 16.5. The fraction of sp³-hybridized carbons (Fsp3) is 1.00. The van der Waals surface area contributed by atoms with Gasteiger partial charge < -0.3 is 10.1 Å². The molecular weight excluding hydrogens is 138 g/mol. The molecule has 0 aromatic carbocycles. The van der Waals surface area contributed by atoms with Crippen molar-refractivity contribution in [2.24, 2.45) is 0 Å². The Bertz CT molecular complexity index is 114. The summed E-state index contributed by atoms with van der Waals surface area (Å²) in [5.41, 5.74) is 0. The second-order valence-electron chi connectivity index (χ2n) is 3.69. The highest BCUT2D eigenvalue weighted by Gasteiger charge is 2.24. The Balaban J connectivity index is 2.19. The molecule has 0 aliphatic heterocycles. The molecule has 0 amide bonds. The van der Waals surface area contributed by atoms with Crippen LogP contribution in [0.15, 0.2) is 0 Å². The molecule has 0 radical (unpaired) electrons. The van der Waals surface area contributed by atoms with Gasteiger partial charge in [0.05, 0.1) is 6.10 Å². The molecule has 0 heterocycles. The normalized spacial score (nSPS) is 31.6. The summed E-state index contributed by atoms with van der Waals surface area (Å²) in [6.07, 6.45) is 4.19. The first kappa shape index (κ1) is 9.01. The maximum atomic E-state index is 5.28. The third-order valence-electron chi connectivity index (χ3n) is 2.29. The van der Waals surface area contributed by atoms with Gasteiger partial charge in [-0.25, -0.2) is 0 Å². The standard InChI is InChI=1S/C9H19NO/c1-7(2)10-8-4-5-9(6-8)11-3/h7-10H,4-6H2,1-3H3/t8-,9-/m0/s1. The average Bonchev–Trinajstić information content (AvgIpc) is 2.34. The molecule has 0 unspecified atom stereocenters. The van der Waals surface area contributed by atoms with Crippen molar-refractivity contribution < 1.29 is 4.74 Å². The zero-order valence-corrected chi connectivity index (χ0v) is 7.76. The van der Waals surface area contributed by atoms with E-state index in [9.17, 15) is 0 Å². The van der Waals surface area contributed by atoms with E-state index in [1.165, 1.54) is 19.3 Å². The molecule has 0 aromatic rings. The van der Waals surface area contributed by atoms with Gasteiger partial charge in [0.25, 0.3) is 0 Å². The number of nitrogens with one attached hydrogen (secondary N) is 1. The van der Waals surface area contributed by atoms with Crippen LogP contribution in [0.4, 0.5) is 0 Å². The van der Waals surface area contributed by atoms with Crippen LogP contribution in [-0.2, 0) is 4.74 Å². The molecule has 0 spiro atoms. The minimum Gasteiger partial charge on any atom is -0.381 e. The van der Waals surface area contributed by atoms with E-state index in [4.69, 9.17) is 4.74 Å². The van der Waals surface area contributed by atoms with Crippen molar-refractivity contribution in [3.8, 4) is 0 Å². The maximum Gasteiger partial charge on any atom is 0.0586 e. The Labute approximate surface area is 69.3 Å². The van der Waals surface area contributed by atoms with Crippen LogP contribution >= 0.6 is 0 Å². The largest absolute Gasteiger partial charge is 0.381 e. The SMILES string of the molecule is CO[C@H]1CC[C@H](NC(C)C)C1. The van der Waals surface area contributed by atoms with Gasteiger partial charge in [0, 0.05) is 19.2 Å². The summed E-state index contributed by atoms with van der Waals surface area (Å²) >= 11 is 0. The Morgan fingerprint density at radius 3 is 2.55 bits per heavy atom. The molecule has 66 valence electrons. The quantitative estimate of drug-likeness (QED) is 0.671. The number of hydrogen-bond donors (Lipinski definition) is 1. The van der Waals surface area contributed by atoms with Crippen molar-refractivity contribution in [2.45, 2.75) is 51.3 Å². The van der Waals surface area contributed by atoms with Crippen molar-refractivity contribution in [1.29, 1.82) is 0 Å². The molecule has 1 saturated carbocycles. The lowest BCUT2D eigenvalue weighted by Crippen LogP contribution is -2.33. The molecule has 2 heteroatoms. The second kappa shape index (κ2) is 4.07. The molecule has 11 heavy (non-hydrogen) atoms. The van der Waals surface area contributed by atoms with Crippen LogP contribution in [-0.4, -0.2) is 25.3 Å². The predicted octanol–water partition coefficient (Wildman–Crippen LogP) is 1.55. The number of ether oxygens (including phenoxy) is 1. The van der Waals surface area contributed by atoms with E-state index in [1.807, 2.05) is 7.11 Å². The van der Waals surface area contributed by atoms with Crippen LogP contribution in [0.5, 0.6) is 0 Å². The Morgan fingerprint density at radius 2 is 2.09 bits per heavy atom. The van der Waals surface area contributed by atoms with Crippen LogP contribution in [0.25, 0.3) is 0 Å². The molecule has 1 fully saturated rings. The van der Waals surface area contributed by atoms with Crippen LogP contribution < -0.4 is 5.32 Å². The van der Waals surface area contributed by atoms with Crippen molar-refractivity contribution in [3.63, 3.8) is 0 Å². The van der Waals surface area contributed by atoms with E-state index in [-0.39, 0.29) is 0 Å². The van der Waals surface area contributed by atoms with Crippen LogP contribution in [0.2, 0.25) is 0 Å².